The minimum Gasteiger partial charge on any atom is -0.343 e. The zero-order valence-corrected chi connectivity index (χ0v) is 30.2. The second-order valence-corrected chi connectivity index (χ2v) is 15.6. The van der Waals surface area contributed by atoms with Crippen LogP contribution in [0.25, 0.3) is 11.3 Å². The number of nitrogens with one attached hydrogen (secondary N) is 5. The summed E-state index contributed by atoms with van der Waals surface area (Å²) in [5.74, 6) is -0.00412. The Hall–Kier alpha value is -3.76. The van der Waals surface area contributed by atoms with Gasteiger partial charge in [-0.05, 0) is 58.4 Å². The number of carbonyl (C=O) groups excluding carboxylic acids is 5. The lowest BCUT2D eigenvalue weighted by molar-refractivity contribution is -0.142. The molecule has 0 bridgehead atoms. The maximum absolute atomic E-state index is 14.3. The van der Waals surface area contributed by atoms with E-state index in [1.54, 1.807) is 18.9 Å². The molecule has 6 amide bonds. The van der Waals surface area contributed by atoms with E-state index in [0.717, 1.165) is 42.1 Å². The lowest BCUT2D eigenvalue weighted by Gasteiger charge is -2.38. The Kier molecular flexibility index (Phi) is 11.9. The van der Waals surface area contributed by atoms with Gasteiger partial charge < -0.3 is 36.4 Å². The largest absolute Gasteiger partial charge is 0.343 e. The second kappa shape index (κ2) is 16.5. The van der Waals surface area contributed by atoms with Crippen molar-refractivity contribution in [2.75, 3.05) is 37.8 Å². The average Bonchev–Trinajstić information content (AvgIpc) is 3.95. The fourth-order valence-electron chi connectivity index (χ4n) is 7.43. The van der Waals surface area contributed by atoms with Crippen LogP contribution < -0.4 is 26.6 Å². The molecule has 3 unspecified atom stereocenters. The first kappa shape index (κ1) is 36.0. The molecule has 0 spiro atoms. The van der Waals surface area contributed by atoms with Gasteiger partial charge in [-0.1, -0.05) is 41.2 Å². The van der Waals surface area contributed by atoms with Crippen molar-refractivity contribution < 1.29 is 24.0 Å². The van der Waals surface area contributed by atoms with Crippen LogP contribution in [0.5, 0.6) is 0 Å². The fourth-order valence-corrected chi connectivity index (χ4v) is 9.57. The van der Waals surface area contributed by atoms with Gasteiger partial charge in [0.1, 0.15) is 22.8 Å². The predicted molar refractivity (Wildman–Crippen MR) is 192 cm³/mol. The Balaban J connectivity index is 1.04. The standard InChI is InChI=1S/C34H47N9O5S2/c1-20(35-2)30(45)37-28(22-14-17-42(18-15-22)26(44)13-7-6-12-25-29-23(19-49-25)36-34(48)38-29)33(47)43-16-8-11-24(43)31(46)39-32-27(40-41-50-32)21-9-4-3-5-10-21/h3-5,9-10,20,22-25,28-29,35H,6-8,11-19H2,1-2H3,(H,37,45)(H,39,46)(H2,36,38,48)/t20-,23?,24-,25?,28-,29?/m0/s1. The van der Waals surface area contributed by atoms with Crippen molar-refractivity contribution in [3.8, 4) is 11.3 Å². The minimum atomic E-state index is -0.813. The lowest BCUT2D eigenvalue weighted by Crippen LogP contribution is -2.58. The summed E-state index contributed by atoms with van der Waals surface area (Å²) in [6, 6.07) is 7.77. The van der Waals surface area contributed by atoms with Gasteiger partial charge in [-0.15, -0.1) is 5.10 Å². The third kappa shape index (κ3) is 8.23. The molecule has 4 aliphatic rings. The first-order chi connectivity index (χ1) is 24.2. The summed E-state index contributed by atoms with van der Waals surface area (Å²) in [5.41, 5.74) is 1.41. The van der Waals surface area contributed by atoms with Crippen molar-refractivity contribution >= 4 is 58.0 Å². The number of likely N-dealkylation sites (N-methyl/N-ethyl adjacent to an activating group) is 1. The van der Waals surface area contributed by atoms with Crippen LogP contribution in [0.1, 0.15) is 58.3 Å². The number of urea groups is 1. The third-order valence-corrected chi connectivity index (χ3v) is 12.6. The lowest BCUT2D eigenvalue weighted by atomic mass is 9.87. The highest BCUT2D eigenvalue weighted by Gasteiger charge is 2.43. The summed E-state index contributed by atoms with van der Waals surface area (Å²) in [6.07, 6.45) is 5.46. The molecule has 6 atom stereocenters. The molecule has 50 heavy (non-hydrogen) atoms. The molecular weight excluding hydrogens is 679 g/mol. The fraction of sp³-hybridized carbons (Fsp3) is 0.618. The van der Waals surface area contributed by atoms with Crippen LogP contribution in [0, 0.1) is 5.92 Å². The third-order valence-electron chi connectivity index (χ3n) is 10.4. The molecule has 5 heterocycles. The topological polar surface area (TPSA) is 178 Å². The van der Waals surface area contributed by atoms with Crippen LogP contribution in [0.3, 0.4) is 0 Å². The summed E-state index contributed by atoms with van der Waals surface area (Å²) in [4.78, 5) is 69.3. The van der Waals surface area contributed by atoms with Crippen LogP contribution in [-0.2, 0) is 19.2 Å². The van der Waals surface area contributed by atoms with Gasteiger partial charge in [-0.3, -0.25) is 19.2 Å². The van der Waals surface area contributed by atoms with E-state index in [4.69, 9.17) is 0 Å². The van der Waals surface area contributed by atoms with E-state index < -0.39 is 18.1 Å². The zero-order chi connectivity index (χ0) is 35.2. The highest BCUT2D eigenvalue weighted by Crippen LogP contribution is 2.34. The summed E-state index contributed by atoms with van der Waals surface area (Å²) in [5, 5.41) is 20.0. The van der Waals surface area contributed by atoms with E-state index in [2.05, 4.69) is 36.2 Å². The number of amides is 6. The SMILES string of the molecule is CN[C@@H](C)C(=O)N[C@H](C(=O)N1CCC[C@H]1C(=O)Nc1snnc1-c1ccccc1)C1CCN(C(=O)CCCCC2SCC3NC(=O)NC32)CC1. The van der Waals surface area contributed by atoms with Crippen molar-refractivity contribution in [3.05, 3.63) is 30.3 Å². The molecule has 16 heteroatoms. The molecule has 6 rings (SSSR count). The average molecular weight is 726 g/mol. The number of unbranched alkanes of at least 4 members (excludes halogenated alkanes) is 1. The minimum absolute atomic E-state index is 0.0861. The van der Waals surface area contributed by atoms with Crippen LogP contribution in [-0.4, -0.2) is 117 Å². The molecule has 5 N–H and O–H groups in total. The highest BCUT2D eigenvalue weighted by atomic mass is 32.2. The quantitative estimate of drug-likeness (QED) is 0.153. The van der Waals surface area contributed by atoms with Gasteiger partial charge in [0.2, 0.25) is 23.6 Å². The number of nitrogens with zero attached hydrogens (tertiary/aromatic N) is 4. The van der Waals surface area contributed by atoms with E-state index in [1.165, 1.54) is 0 Å². The first-order valence-electron chi connectivity index (χ1n) is 17.7. The number of benzene rings is 1. The summed E-state index contributed by atoms with van der Waals surface area (Å²) < 4.78 is 4.05. The number of carbonyl (C=O) groups is 5. The molecule has 0 saturated carbocycles. The number of thioether (sulfide) groups is 1. The molecule has 1 aromatic heterocycles. The summed E-state index contributed by atoms with van der Waals surface area (Å²) >= 11 is 2.97. The molecule has 4 fully saturated rings. The molecule has 0 radical (unpaired) electrons. The molecule has 2 aromatic rings. The first-order valence-corrected chi connectivity index (χ1v) is 19.5. The van der Waals surface area contributed by atoms with Crippen molar-refractivity contribution in [2.24, 2.45) is 5.92 Å². The molecule has 1 aromatic carbocycles. The van der Waals surface area contributed by atoms with E-state index >= 15 is 0 Å². The van der Waals surface area contributed by atoms with E-state index in [9.17, 15) is 24.0 Å². The van der Waals surface area contributed by atoms with Gasteiger partial charge in [-0.2, -0.15) is 11.8 Å². The number of rotatable bonds is 13. The van der Waals surface area contributed by atoms with Gasteiger partial charge in [0, 0.05) is 54.2 Å². The van der Waals surface area contributed by atoms with E-state index in [1.807, 2.05) is 47.0 Å². The Morgan fingerprint density at radius 1 is 1.04 bits per heavy atom. The van der Waals surface area contributed by atoms with Gasteiger partial charge in [-0.25, -0.2) is 4.79 Å². The van der Waals surface area contributed by atoms with Gasteiger partial charge in [0.15, 0.2) is 0 Å². The van der Waals surface area contributed by atoms with E-state index in [-0.39, 0.29) is 47.7 Å². The van der Waals surface area contributed by atoms with Crippen LogP contribution in [0.2, 0.25) is 0 Å². The van der Waals surface area contributed by atoms with Gasteiger partial charge in [0.25, 0.3) is 0 Å². The number of hydrogen-bond acceptors (Lipinski definition) is 10. The van der Waals surface area contributed by atoms with Crippen molar-refractivity contribution in [2.45, 2.75) is 93.7 Å². The smallest absolute Gasteiger partial charge is 0.315 e. The van der Waals surface area contributed by atoms with Gasteiger partial charge >= 0.3 is 6.03 Å². The Morgan fingerprint density at radius 2 is 1.82 bits per heavy atom. The molecule has 4 saturated heterocycles. The molecule has 0 aliphatic carbocycles. The number of anilines is 1. The summed E-state index contributed by atoms with van der Waals surface area (Å²) in [6.45, 7) is 3.17. The number of likely N-dealkylation sites (tertiary alicyclic amines) is 2. The van der Waals surface area contributed by atoms with Crippen molar-refractivity contribution in [3.63, 3.8) is 0 Å². The Bertz CT molecular complexity index is 1540. The monoisotopic (exact) mass is 725 g/mol. The zero-order valence-electron chi connectivity index (χ0n) is 28.6. The molecule has 270 valence electrons. The number of hydrogen-bond donors (Lipinski definition) is 5. The van der Waals surface area contributed by atoms with Crippen LogP contribution >= 0.6 is 23.3 Å². The van der Waals surface area contributed by atoms with Crippen LogP contribution in [0.15, 0.2) is 30.3 Å². The normalized spacial score (nSPS) is 24.6. The number of piperidine rings is 1. The maximum atomic E-state index is 14.3. The predicted octanol–water partition coefficient (Wildman–Crippen LogP) is 2.19. The highest BCUT2D eigenvalue weighted by molar-refractivity contribution is 8.00. The van der Waals surface area contributed by atoms with Gasteiger partial charge in [0.05, 0.1) is 18.1 Å². The molecular formula is C34H47N9O5S2. The number of fused-ring (bicyclic) bond motifs is 1. The second-order valence-electron chi connectivity index (χ2n) is 13.6. The number of aromatic nitrogens is 2. The Labute approximate surface area is 300 Å². The molecule has 4 aliphatic heterocycles. The van der Waals surface area contributed by atoms with Crippen molar-refractivity contribution in [1.29, 1.82) is 0 Å². The Morgan fingerprint density at radius 3 is 2.58 bits per heavy atom. The van der Waals surface area contributed by atoms with Crippen LogP contribution in [0.4, 0.5) is 9.80 Å². The van der Waals surface area contributed by atoms with E-state index in [0.29, 0.717) is 67.7 Å². The molecule has 14 nitrogen and oxygen atoms in total. The maximum Gasteiger partial charge on any atom is 0.315 e. The van der Waals surface area contributed by atoms with Crippen molar-refractivity contribution in [1.82, 2.24) is 40.7 Å². The summed E-state index contributed by atoms with van der Waals surface area (Å²) in [7, 11) is 1.69.